The first-order valence-electron chi connectivity index (χ1n) is 8.33. The highest BCUT2D eigenvalue weighted by Gasteiger charge is 2.54. The average molecular weight is 320 g/mol. The second kappa shape index (κ2) is 4.90. The summed E-state index contributed by atoms with van der Waals surface area (Å²) in [6, 6.07) is 0. The van der Waals surface area contributed by atoms with Crippen LogP contribution in [-0.4, -0.2) is 28.5 Å². The van der Waals surface area contributed by atoms with Gasteiger partial charge in [0.05, 0.1) is 11.2 Å². The van der Waals surface area contributed by atoms with Crippen LogP contribution in [0, 0.1) is 0 Å². The number of rotatable bonds is 3. The van der Waals surface area contributed by atoms with Crippen molar-refractivity contribution in [3.63, 3.8) is 0 Å². The number of halogens is 1. The van der Waals surface area contributed by atoms with Gasteiger partial charge in [-0.1, -0.05) is 5.16 Å². The van der Waals surface area contributed by atoms with Crippen molar-refractivity contribution in [2.24, 2.45) is 0 Å². The van der Waals surface area contributed by atoms with Crippen molar-refractivity contribution in [3.05, 3.63) is 23.0 Å². The molecule has 1 saturated heterocycles. The van der Waals surface area contributed by atoms with Gasteiger partial charge in [0, 0.05) is 11.8 Å². The summed E-state index contributed by atoms with van der Waals surface area (Å²) in [6.45, 7) is 7.70. The molecule has 0 amide bonds. The maximum absolute atomic E-state index is 14.6. The Labute approximate surface area is 135 Å². The van der Waals surface area contributed by atoms with Crippen molar-refractivity contribution >= 4 is 7.12 Å². The number of nitrogens with zero attached hydrogens (tertiary/aromatic N) is 2. The first-order valence-corrected chi connectivity index (χ1v) is 8.33. The minimum Gasteiger partial charge on any atom is -0.398 e. The third kappa shape index (κ3) is 2.54. The molecule has 23 heavy (non-hydrogen) atoms. The summed E-state index contributed by atoms with van der Waals surface area (Å²) in [7, 11) is -0.900. The second-order valence-electron chi connectivity index (χ2n) is 7.91. The molecular formula is C16H22BFN2O3. The van der Waals surface area contributed by atoms with Crippen LogP contribution in [0.3, 0.4) is 0 Å². The van der Waals surface area contributed by atoms with Crippen LogP contribution in [0.5, 0.6) is 0 Å². The molecule has 1 aromatic heterocycles. The van der Waals surface area contributed by atoms with Gasteiger partial charge in [-0.15, -0.1) is 0 Å². The van der Waals surface area contributed by atoms with Crippen LogP contribution in [0.25, 0.3) is 0 Å². The summed E-state index contributed by atoms with van der Waals surface area (Å²) in [4.78, 5) is 4.45. The van der Waals surface area contributed by atoms with E-state index >= 15 is 0 Å². The predicted octanol–water partition coefficient (Wildman–Crippen LogP) is 3.68. The smallest absolute Gasteiger partial charge is 0.398 e. The first kappa shape index (κ1) is 15.3. The molecule has 1 aromatic rings. The van der Waals surface area contributed by atoms with Crippen LogP contribution >= 0.6 is 0 Å². The van der Waals surface area contributed by atoms with Gasteiger partial charge in [0.15, 0.2) is 5.82 Å². The molecule has 3 aliphatic rings. The maximum Gasteiger partial charge on any atom is 0.525 e. The van der Waals surface area contributed by atoms with E-state index in [1.54, 1.807) is 0 Å². The molecule has 2 saturated carbocycles. The topological polar surface area (TPSA) is 57.4 Å². The van der Waals surface area contributed by atoms with Gasteiger partial charge in [0.25, 0.3) is 0 Å². The number of allylic oxidation sites excluding steroid dienone is 1. The van der Waals surface area contributed by atoms with Crippen molar-refractivity contribution in [3.8, 4) is 0 Å². The summed E-state index contributed by atoms with van der Waals surface area (Å²) in [5, 5.41) is 4.04. The third-order valence-corrected chi connectivity index (χ3v) is 5.53. The Balaban J connectivity index is 1.42. The molecule has 0 atom stereocenters. The van der Waals surface area contributed by atoms with Crippen LogP contribution in [0.4, 0.5) is 4.39 Å². The van der Waals surface area contributed by atoms with Gasteiger partial charge in [0.1, 0.15) is 5.73 Å². The van der Waals surface area contributed by atoms with E-state index in [0.29, 0.717) is 24.6 Å². The van der Waals surface area contributed by atoms with Gasteiger partial charge in [-0.25, -0.2) is 4.39 Å². The molecule has 0 aromatic carbocycles. The fourth-order valence-corrected chi connectivity index (χ4v) is 2.94. The van der Waals surface area contributed by atoms with E-state index in [4.69, 9.17) is 13.8 Å². The van der Waals surface area contributed by atoms with Crippen molar-refractivity contribution in [2.45, 2.75) is 76.4 Å². The quantitative estimate of drug-likeness (QED) is 0.795. The lowest BCUT2D eigenvalue weighted by Crippen LogP contribution is -2.41. The Kier molecular flexibility index (Phi) is 3.26. The molecule has 5 nitrogen and oxygen atoms in total. The van der Waals surface area contributed by atoms with E-state index in [1.165, 1.54) is 0 Å². The molecule has 2 heterocycles. The highest BCUT2D eigenvalue weighted by atomic mass is 19.1. The lowest BCUT2D eigenvalue weighted by atomic mass is 9.72. The molecule has 0 radical (unpaired) electrons. The van der Waals surface area contributed by atoms with Gasteiger partial charge in [-0.3, -0.25) is 0 Å². The largest absolute Gasteiger partial charge is 0.525 e. The maximum atomic E-state index is 14.6. The highest BCUT2D eigenvalue weighted by molar-refractivity contribution is 6.53. The first-order chi connectivity index (χ1) is 10.8. The molecule has 1 aliphatic heterocycles. The third-order valence-electron chi connectivity index (χ3n) is 5.53. The van der Waals surface area contributed by atoms with Crippen LogP contribution in [-0.2, 0) is 9.31 Å². The Morgan fingerprint density at radius 1 is 1.09 bits per heavy atom. The minimum atomic E-state index is -0.900. The van der Waals surface area contributed by atoms with Gasteiger partial charge in [0.2, 0.25) is 5.89 Å². The van der Waals surface area contributed by atoms with E-state index in [-0.39, 0.29) is 11.6 Å². The molecule has 0 bridgehead atoms. The average Bonchev–Trinajstić information content (AvgIpc) is 3.10. The lowest BCUT2D eigenvalue weighted by molar-refractivity contribution is 0.00578. The van der Waals surface area contributed by atoms with Gasteiger partial charge in [-0.2, -0.15) is 4.98 Å². The van der Waals surface area contributed by atoms with Crippen molar-refractivity contribution in [2.75, 3.05) is 0 Å². The van der Waals surface area contributed by atoms with E-state index in [1.807, 2.05) is 27.7 Å². The highest BCUT2D eigenvalue weighted by Crippen LogP contribution is 2.46. The minimum absolute atomic E-state index is 0.148. The summed E-state index contributed by atoms with van der Waals surface area (Å²) in [5.41, 5.74) is -0.589. The molecule has 2 aliphatic carbocycles. The van der Waals surface area contributed by atoms with Crippen LogP contribution in [0.2, 0.25) is 0 Å². The summed E-state index contributed by atoms with van der Waals surface area (Å²) in [5.74, 6) is 2.04. The molecule has 0 N–H and O–H groups in total. The SMILES string of the molecule is CC1(C)OB(C(F)=C2CC(c3noc(C4CC4)n3)C2)OC1(C)C. The van der Waals surface area contributed by atoms with E-state index in [0.717, 1.165) is 24.3 Å². The zero-order valence-corrected chi connectivity index (χ0v) is 14.1. The standard InChI is InChI=1S/C16H22BFN2O3/c1-15(2)16(3,4)23-17(22-15)12(18)10-7-11(8-10)13-19-14(21-20-13)9-5-6-9/h9,11H,5-8H2,1-4H3. The van der Waals surface area contributed by atoms with E-state index < -0.39 is 18.3 Å². The van der Waals surface area contributed by atoms with Crippen LogP contribution in [0.15, 0.2) is 15.8 Å². The van der Waals surface area contributed by atoms with Crippen molar-refractivity contribution in [1.29, 1.82) is 0 Å². The number of hydrogen-bond acceptors (Lipinski definition) is 5. The molecule has 124 valence electrons. The van der Waals surface area contributed by atoms with E-state index in [2.05, 4.69) is 10.1 Å². The molecular weight excluding hydrogens is 298 g/mol. The van der Waals surface area contributed by atoms with E-state index in [9.17, 15) is 4.39 Å². The monoisotopic (exact) mass is 320 g/mol. The normalized spacial score (nSPS) is 28.8. The Morgan fingerprint density at radius 2 is 1.70 bits per heavy atom. The van der Waals surface area contributed by atoms with Crippen LogP contribution in [0.1, 0.15) is 76.9 Å². The fourth-order valence-electron chi connectivity index (χ4n) is 2.94. The lowest BCUT2D eigenvalue weighted by Gasteiger charge is -2.32. The molecule has 0 spiro atoms. The van der Waals surface area contributed by atoms with Gasteiger partial charge < -0.3 is 13.8 Å². The van der Waals surface area contributed by atoms with Gasteiger partial charge >= 0.3 is 7.12 Å². The summed E-state index contributed by atoms with van der Waals surface area (Å²) >= 11 is 0. The molecule has 7 heteroatoms. The van der Waals surface area contributed by atoms with Crippen molar-refractivity contribution < 1.29 is 18.2 Å². The van der Waals surface area contributed by atoms with Crippen LogP contribution < -0.4 is 0 Å². The predicted molar refractivity (Wildman–Crippen MR) is 82.5 cm³/mol. The molecule has 3 fully saturated rings. The summed E-state index contributed by atoms with van der Waals surface area (Å²) in [6.07, 6.45) is 3.49. The van der Waals surface area contributed by atoms with Gasteiger partial charge in [-0.05, 0) is 59.0 Å². The molecule has 4 rings (SSSR count). The molecule has 0 unspecified atom stereocenters. The Hall–Kier alpha value is -1.21. The summed E-state index contributed by atoms with van der Waals surface area (Å²) < 4.78 is 31.4. The zero-order chi connectivity index (χ0) is 16.4. The number of aromatic nitrogens is 2. The number of hydrogen-bond donors (Lipinski definition) is 0. The Bertz CT molecular complexity index is 642. The fraction of sp³-hybridized carbons (Fsp3) is 0.750. The van der Waals surface area contributed by atoms with Crippen molar-refractivity contribution in [1.82, 2.24) is 10.1 Å². The Morgan fingerprint density at radius 3 is 2.26 bits per heavy atom. The second-order valence-corrected chi connectivity index (χ2v) is 7.91. The zero-order valence-electron chi connectivity index (χ0n) is 14.1.